The van der Waals surface area contributed by atoms with E-state index >= 15 is 0 Å². The van der Waals surface area contributed by atoms with Gasteiger partial charge in [0.05, 0.1) is 23.6 Å². The SMILES string of the molecule is CCOc1ncc(C(=O)Nc2c(-c3ncccc3F)ccnc2C2CCC(F)(F)CC2)cc1F. The first-order chi connectivity index (χ1) is 16.3. The number of aromatic nitrogens is 3. The molecule has 1 aliphatic rings. The zero-order chi connectivity index (χ0) is 24.3. The average Bonchev–Trinajstić information content (AvgIpc) is 2.81. The van der Waals surface area contributed by atoms with E-state index in [9.17, 15) is 22.4 Å². The fourth-order valence-electron chi connectivity index (χ4n) is 3.99. The van der Waals surface area contributed by atoms with Crippen molar-refractivity contribution in [1.82, 2.24) is 15.0 Å². The Morgan fingerprint density at radius 1 is 1.12 bits per heavy atom. The first-order valence-electron chi connectivity index (χ1n) is 10.9. The highest BCUT2D eigenvalue weighted by Crippen LogP contribution is 2.44. The lowest BCUT2D eigenvalue weighted by atomic mass is 9.83. The third-order valence-corrected chi connectivity index (χ3v) is 5.69. The highest BCUT2D eigenvalue weighted by Gasteiger charge is 2.37. The van der Waals surface area contributed by atoms with Crippen molar-refractivity contribution in [3.05, 3.63) is 65.7 Å². The Bertz CT molecular complexity index is 1200. The van der Waals surface area contributed by atoms with Crippen molar-refractivity contribution in [1.29, 1.82) is 0 Å². The van der Waals surface area contributed by atoms with Crippen LogP contribution in [0.5, 0.6) is 5.88 Å². The number of carbonyl (C=O) groups is 1. The van der Waals surface area contributed by atoms with Crippen LogP contribution in [0.25, 0.3) is 11.3 Å². The van der Waals surface area contributed by atoms with E-state index in [-0.39, 0.29) is 66.6 Å². The summed E-state index contributed by atoms with van der Waals surface area (Å²) in [6.45, 7) is 1.87. The summed E-state index contributed by atoms with van der Waals surface area (Å²) in [6, 6.07) is 5.11. The van der Waals surface area contributed by atoms with Crippen molar-refractivity contribution in [3.63, 3.8) is 0 Å². The summed E-state index contributed by atoms with van der Waals surface area (Å²) >= 11 is 0. The lowest BCUT2D eigenvalue weighted by Crippen LogP contribution is -2.25. The van der Waals surface area contributed by atoms with Gasteiger partial charge in [-0.25, -0.2) is 22.5 Å². The number of alkyl halides is 2. The molecule has 0 radical (unpaired) electrons. The molecule has 10 heteroatoms. The van der Waals surface area contributed by atoms with Crippen molar-refractivity contribution in [2.24, 2.45) is 0 Å². The van der Waals surface area contributed by atoms with Crippen molar-refractivity contribution < 1.29 is 27.1 Å². The first-order valence-corrected chi connectivity index (χ1v) is 10.9. The van der Waals surface area contributed by atoms with Crippen LogP contribution < -0.4 is 10.1 Å². The maximum atomic E-state index is 14.6. The molecule has 1 saturated carbocycles. The van der Waals surface area contributed by atoms with Gasteiger partial charge in [-0.2, -0.15) is 0 Å². The molecule has 0 aliphatic heterocycles. The van der Waals surface area contributed by atoms with Gasteiger partial charge >= 0.3 is 0 Å². The molecule has 0 atom stereocenters. The molecule has 178 valence electrons. The number of halogens is 4. The minimum Gasteiger partial charge on any atom is -0.476 e. The smallest absolute Gasteiger partial charge is 0.257 e. The lowest BCUT2D eigenvalue weighted by molar-refractivity contribution is -0.0384. The minimum atomic E-state index is -2.75. The summed E-state index contributed by atoms with van der Waals surface area (Å²) < 4.78 is 61.4. The number of hydrogen-bond acceptors (Lipinski definition) is 5. The fraction of sp³-hybridized carbons (Fsp3) is 0.333. The summed E-state index contributed by atoms with van der Waals surface area (Å²) in [5, 5.41) is 2.67. The molecular weight excluding hydrogens is 452 g/mol. The maximum absolute atomic E-state index is 14.6. The van der Waals surface area contributed by atoms with E-state index in [1.165, 1.54) is 30.6 Å². The Balaban J connectivity index is 1.74. The zero-order valence-electron chi connectivity index (χ0n) is 18.3. The van der Waals surface area contributed by atoms with Crippen LogP contribution in [0.4, 0.5) is 23.2 Å². The Hall–Kier alpha value is -3.56. The van der Waals surface area contributed by atoms with Crippen LogP contribution >= 0.6 is 0 Å². The first kappa shape index (κ1) is 23.6. The van der Waals surface area contributed by atoms with Crippen LogP contribution in [-0.2, 0) is 0 Å². The monoisotopic (exact) mass is 474 g/mol. The fourth-order valence-corrected chi connectivity index (χ4v) is 3.99. The van der Waals surface area contributed by atoms with Crippen LogP contribution in [0.3, 0.4) is 0 Å². The number of ether oxygens (including phenoxy) is 1. The molecule has 0 bridgehead atoms. The van der Waals surface area contributed by atoms with E-state index in [2.05, 4.69) is 20.3 Å². The predicted molar refractivity (Wildman–Crippen MR) is 117 cm³/mol. The van der Waals surface area contributed by atoms with E-state index in [1.807, 2.05) is 0 Å². The standard InChI is InChI=1S/C24H22F4N4O2/c1-2-34-23-18(26)12-15(13-31-23)22(33)32-21-16(20-17(25)4-3-10-29-20)7-11-30-19(21)14-5-8-24(27,28)9-6-14/h3-4,7,10-14H,2,5-6,8-9H2,1H3,(H,32,33). The van der Waals surface area contributed by atoms with E-state index in [4.69, 9.17) is 4.74 Å². The highest BCUT2D eigenvalue weighted by atomic mass is 19.3. The van der Waals surface area contributed by atoms with Gasteiger partial charge in [0, 0.05) is 42.9 Å². The van der Waals surface area contributed by atoms with Gasteiger partial charge in [0.2, 0.25) is 11.8 Å². The van der Waals surface area contributed by atoms with E-state index < -0.39 is 23.5 Å². The second kappa shape index (κ2) is 9.74. The van der Waals surface area contributed by atoms with Crippen molar-refractivity contribution in [3.8, 4) is 17.1 Å². The van der Waals surface area contributed by atoms with Crippen molar-refractivity contribution in [2.45, 2.75) is 44.4 Å². The third kappa shape index (κ3) is 5.00. The minimum absolute atomic E-state index is 0.0291. The number of carbonyl (C=O) groups excluding carboxylic acids is 1. The summed E-state index contributed by atoms with van der Waals surface area (Å²) in [4.78, 5) is 25.3. The maximum Gasteiger partial charge on any atom is 0.257 e. The Morgan fingerprint density at radius 2 is 1.88 bits per heavy atom. The number of nitrogens with zero attached hydrogens (tertiary/aromatic N) is 3. The van der Waals surface area contributed by atoms with E-state index in [1.54, 1.807) is 6.92 Å². The van der Waals surface area contributed by atoms with Gasteiger partial charge in [-0.3, -0.25) is 14.8 Å². The molecule has 6 nitrogen and oxygen atoms in total. The van der Waals surface area contributed by atoms with Gasteiger partial charge in [-0.05, 0) is 44.0 Å². The molecule has 1 fully saturated rings. The number of pyridine rings is 3. The number of anilines is 1. The molecule has 1 aliphatic carbocycles. The number of rotatable bonds is 6. The van der Waals surface area contributed by atoms with Crippen LogP contribution in [0.1, 0.15) is 54.6 Å². The molecule has 1 amide bonds. The van der Waals surface area contributed by atoms with Crippen LogP contribution in [-0.4, -0.2) is 33.4 Å². The summed E-state index contributed by atoms with van der Waals surface area (Å²) in [5.41, 5.74) is 0.616. The van der Waals surface area contributed by atoms with E-state index in [0.29, 0.717) is 5.69 Å². The number of nitrogens with one attached hydrogen (secondary N) is 1. The van der Waals surface area contributed by atoms with Crippen LogP contribution in [0, 0.1) is 11.6 Å². The Kier molecular flexibility index (Phi) is 6.76. The van der Waals surface area contributed by atoms with Gasteiger partial charge in [0.15, 0.2) is 5.82 Å². The molecule has 3 heterocycles. The van der Waals surface area contributed by atoms with Crippen LogP contribution in [0.2, 0.25) is 0 Å². The molecule has 3 aromatic heterocycles. The molecule has 4 rings (SSSR count). The summed E-state index contributed by atoms with van der Waals surface area (Å²) in [5.74, 6) is -5.53. The predicted octanol–water partition coefficient (Wildman–Crippen LogP) is 5.76. The van der Waals surface area contributed by atoms with Gasteiger partial charge in [0.25, 0.3) is 5.91 Å². The Labute approximate surface area is 193 Å². The Morgan fingerprint density at radius 3 is 2.56 bits per heavy atom. The molecule has 0 saturated heterocycles. The van der Waals surface area contributed by atoms with Gasteiger partial charge in [0.1, 0.15) is 11.5 Å². The van der Waals surface area contributed by atoms with Crippen molar-refractivity contribution >= 4 is 11.6 Å². The lowest BCUT2D eigenvalue weighted by Gasteiger charge is -2.29. The van der Waals surface area contributed by atoms with Gasteiger partial charge in [-0.15, -0.1) is 0 Å². The number of amides is 1. The quantitative estimate of drug-likeness (QED) is 0.460. The topological polar surface area (TPSA) is 77.0 Å². The normalized spacial score (nSPS) is 15.7. The second-order valence-electron chi connectivity index (χ2n) is 7.98. The second-order valence-corrected chi connectivity index (χ2v) is 7.98. The molecule has 0 unspecified atom stereocenters. The zero-order valence-corrected chi connectivity index (χ0v) is 18.3. The molecule has 3 aromatic rings. The van der Waals surface area contributed by atoms with Crippen molar-refractivity contribution in [2.75, 3.05) is 11.9 Å². The molecule has 0 spiro atoms. The van der Waals surface area contributed by atoms with Gasteiger partial charge < -0.3 is 10.1 Å². The average molecular weight is 474 g/mol. The van der Waals surface area contributed by atoms with Crippen LogP contribution in [0.15, 0.2) is 42.9 Å². The molecular formula is C24H22F4N4O2. The number of hydrogen-bond donors (Lipinski definition) is 1. The summed E-state index contributed by atoms with van der Waals surface area (Å²) in [6.07, 6.45) is 3.65. The van der Waals surface area contributed by atoms with E-state index in [0.717, 1.165) is 12.3 Å². The molecule has 1 N–H and O–H groups in total. The molecule has 0 aromatic carbocycles. The molecule has 34 heavy (non-hydrogen) atoms. The summed E-state index contributed by atoms with van der Waals surface area (Å²) in [7, 11) is 0. The third-order valence-electron chi connectivity index (χ3n) is 5.69. The highest BCUT2D eigenvalue weighted by molar-refractivity contribution is 6.06. The largest absolute Gasteiger partial charge is 0.476 e. The van der Waals surface area contributed by atoms with Gasteiger partial charge in [-0.1, -0.05) is 0 Å².